The molecule has 1 amide bonds. The number of hydrogen-bond donors (Lipinski definition) is 1. The summed E-state index contributed by atoms with van der Waals surface area (Å²) in [6.07, 6.45) is 0.731. The van der Waals surface area contributed by atoms with Gasteiger partial charge in [0.25, 0.3) is 11.6 Å². The molecular weight excluding hydrogens is 392 g/mol. The Bertz CT molecular complexity index is 1000. The van der Waals surface area contributed by atoms with E-state index in [2.05, 4.69) is 5.32 Å². The maximum atomic E-state index is 12.1. The summed E-state index contributed by atoms with van der Waals surface area (Å²) < 4.78 is 16.3. The first kappa shape index (κ1) is 21.1. The summed E-state index contributed by atoms with van der Waals surface area (Å²) in [5.74, 6) is -0.416. The van der Waals surface area contributed by atoms with Crippen LogP contribution < -0.4 is 14.8 Å². The smallest absolute Gasteiger partial charge is 0.344 e. The predicted octanol–water partition coefficient (Wildman–Crippen LogP) is 3.18. The SMILES string of the molecule is Cc1cccc([N+](=O)[O-])c1NC(=O)COC(=O)COc1cccc2c1OC(C)(C)C2. The maximum absolute atomic E-state index is 12.1. The van der Waals surface area contributed by atoms with Gasteiger partial charge in [-0.15, -0.1) is 0 Å². The van der Waals surface area contributed by atoms with Crippen molar-refractivity contribution in [2.75, 3.05) is 18.5 Å². The molecule has 9 heteroatoms. The van der Waals surface area contributed by atoms with Crippen molar-refractivity contribution in [2.45, 2.75) is 32.8 Å². The minimum absolute atomic E-state index is 0.0689. The number of nitro benzene ring substituents is 1. The van der Waals surface area contributed by atoms with Gasteiger partial charge >= 0.3 is 5.97 Å². The number of benzene rings is 2. The second-order valence-electron chi connectivity index (χ2n) is 7.51. The molecule has 2 aromatic carbocycles. The van der Waals surface area contributed by atoms with Crippen molar-refractivity contribution in [3.63, 3.8) is 0 Å². The number of nitro groups is 1. The van der Waals surface area contributed by atoms with Gasteiger partial charge in [0, 0.05) is 18.1 Å². The molecule has 0 fully saturated rings. The minimum atomic E-state index is -0.751. The number of ether oxygens (including phenoxy) is 3. The summed E-state index contributed by atoms with van der Waals surface area (Å²) >= 11 is 0. The Hall–Kier alpha value is -3.62. The fourth-order valence-corrected chi connectivity index (χ4v) is 3.17. The molecule has 158 valence electrons. The number of nitrogens with zero attached hydrogens (tertiary/aromatic N) is 1. The van der Waals surface area contributed by atoms with Crippen LogP contribution in [0.25, 0.3) is 0 Å². The van der Waals surface area contributed by atoms with Crippen molar-refractivity contribution in [1.29, 1.82) is 0 Å². The number of anilines is 1. The third kappa shape index (κ3) is 4.86. The second kappa shape index (κ2) is 8.40. The monoisotopic (exact) mass is 414 g/mol. The second-order valence-corrected chi connectivity index (χ2v) is 7.51. The Morgan fingerprint density at radius 2 is 1.93 bits per heavy atom. The molecule has 0 atom stereocenters. The number of esters is 1. The van der Waals surface area contributed by atoms with E-state index in [1.807, 2.05) is 26.0 Å². The Balaban J connectivity index is 1.53. The number of carbonyl (C=O) groups is 2. The predicted molar refractivity (Wildman–Crippen MR) is 108 cm³/mol. The van der Waals surface area contributed by atoms with Crippen molar-refractivity contribution in [3.05, 3.63) is 57.6 Å². The number of fused-ring (bicyclic) bond motifs is 1. The van der Waals surface area contributed by atoms with Crippen LogP contribution >= 0.6 is 0 Å². The molecule has 0 spiro atoms. The van der Waals surface area contributed by atoms with E-state index < -0.39 is 30.0 Å². The van der Waals surface area contributed by atoms with Crippen LogP contribution in [0.4, 0.5) is 11.4 Å². The fraction of sp³-hybridized carbons (Fsp3) is 0.333. The molecule has 0 aromatic heterocycles. The van der Waals surface area contributed by atoms with E-state index in [1.165, 1.54) is 12.1 Å². The summed E-state index contributed by atoms with van der Waals surface area (Å²) in [4.78, 5) is 34.5. The molecule has 0 radical (unpaired) electrons. The lowest BCUT2D eigenvalue weighted by molar-refractivity contribution is -0.384. The van der Waals surface area contributed by atoms with Gasteiger partial charge in [-0.3, -0.25) is 14.9 Å². The molecule has 0 saturated heterocycles. The molecule has 2 aromatic rings. The molecule has 0 saturated carbocycles. The molecule has 0 aliphatic carbocycles. The van der Waals surface area contributed by atoms with Crippen LogP contribution in [0.5, 0.6) is 11.5 Å². The molecule has 1 aliphatic heterocycles. The number of amides is 1. The van der Waals surface area contributed by atoms with E-state index in [-0.39, 0.29) is 17.0 Å². The molecule has 0 bridgehead atoms. The van der Waals surface area contributed by atoms with Gasteiger partial charge in [-0.1, -0.05) is 24.3 Å². The summed E-state index contributed by atoms with van der Waals surface area (Å²) in [5, 5.41) is 13.5. The number of para-hydroxylation sites is 2. The lowest BCUT2D eigenvalue weighted by Crippen LogP contribution is -2.25. The summed E-state index contributed by atoms with van der Waals surface area (Å²) in [6, 6.07) is 9.87. The van der Waals surface area contributed by atoms with Crippen molar-refractivity contribution in [1.82, 2.24) is 0 Å². The average molecular weight is 414 g/mol. The lowest BCUT2D eigenvalue weighted by Gasteiger charge is -2.18. The van der Waals surface area contributed by atoms with Crippen molar-refractivity contribution < 1.29 is 28.7 Å². The molecule has 1 heterocycles. The van der Waals surface area contributed by atoms with E-state index >= 15 is 0 Å². The number of nitrogens with one attached hydrogen (secondary N) is 1. The van der Waals surface area contributed by atoms with E-state index in [1.54, 1.807) is 19.1 Å². The van der Waals surface area contributed by atoms with Crippen LogP contribution in [0.2, 0.25) is 0 Å². The topological polar surface area (TPSA) is 117 Å². The van der Waals surface area contributed by atoms with Gasteiger partial charge in [0.1, 0.15) is 11.3 Å². The zero-order chi connectivity index (χ0) is 21.9. The number of carbonyl (C=O) groups excluding carboxylic acids is 2. The van der Waals surface area contributed by atoms with Gasteiger partial charge < -0.3 is 19.5 Å². The summed E-state index contributed by atoms with van der Waals surface area (Å²) in [5.41, 5.74) is 0.995. The Kier molecular flexibility index (Phi) is 5.91. The van der Waals surface area contributed by atoms with E-state index in [4.69, 9.17) is 14.2 Å². The number of hydrogen-bond acceptors (Lipinski definition) is 7. The highest BCUT2D eigenvalue weighted by atomic mass is 16.6. The largest absolute Gasteiger partial charge is 0.483 e. The fourth-order valence-electron chi connectivity index (χ4n) is 3.17. The normalized spacial score (nSPS) is 13.7. The molecule has 1 N–H and O–H groups in total. The zero-order valence-corrected chi connectivity index (χ0v) is 16.9. The third-order valence-corrected chi connectivity index (χ3v) is 4.48. The highest BCUT2D eigenvalue weighted by Gasteiger charge is 2.32. The van der Waals surface area contributed by atoms with Crippen molar-refractivity contribution in [3.8, 4) is 11.5 Å². The highest BCUT2D eigenvalue weighted by molar-refractivity contribution is 5.95. The van der Waals surface area contributed by atoms with Crippen molar-refractivity contribution >= 4 is 23.3 Å². The van der Waals surface area contributed by atoms with Crippen LogP contribution in [0.1, 0.15) is 25.0 Å². The maximum Gasteiger partial charge on any atom is 0.344 e. The zero-order valence-electron chi connectivity index (χ0n) is 16.9. The third-order valence-electron chi connectivity index (χ3n) is 4.48. The van der Waals surface area contributed by atoms with E-state index in [9.17, 15) is 19.7 Å². The van der Waals surface area contributed by atoms with Crippen molar-refractivity contribution in [2.24, 2.45) is 0 Å². The standard InChI is InChI=1S/C21H22N2O7/c1-13-6-4-8-15(23(26)27)19(13)22-17(24)11-29-18(25)12-28-16-9-5-7-14-10-21(2,3)30-20(14)16/h4-9H,10-12H2,1-3H3,(H,22,24). The Labute approximate surface area is 173 Å². The minimum Gasteiger partial charge on any atom is -0.483 e. The first-order chi connectivity index (χ1) is 14.2. The highest BCUT2D eigenvalue weighted by Crippen LogP contribution is 2.41. The van der Waals surface area contributed by atoms with Crippen LogP contribution in [0, 0.1) is 17.0 Å². The molecule has 9 nitrogen and oxygen atoms in total. The lowest BCUT2D eigenvalue weighted by atomic mass is 10.0. The molecule has 3 rings (SSSR count). The van der Waals surface area contributed by atoms with Crippen LogP contribution in [0.15, 0.2) is 36.4 Å². The molecule has 30 heavy (non-hydrogen) atoms. The van der Waals surface area contributed by atoms with Gasteiger partial charge in [0.2, 0.25) is 0 Å². The number of aryl methyl sites for hydroxylation is 1. The van der Waals surface area contributed by atoms with Gasteiger partial charge in [0.05, 0.1) is 4.92 Å². The molecule has 0 unspecified atom stereocenters. The van der Waals surface area contributed by atoms with Crippen LogP contribution in [0.3, 0.4) is 0 Å². The van der Waals surface area contributed by atoms with Crippen LogP contribution in [-0.4, -0.2) is 35.6 Å². The average Bonchev–Trinajstić information content (AvgIpc) is 3.00. The first-order valence-corrected chi connectivity index (χ1v) is 9.29. The Morgan fingerprint density at radius 1 is 1.20 bits per heavy atom. The van der Waals surface area contributed by atoms with Gasteiger partial charge in [-0.05, 0) is 32.4 Å². The van der Waals surface area contributed by atoms with Gasteiger partial charge in [-0.2, -0.15) is 0 Å². The van der Waals surface area contributed by atoms with Crippen LogP contribution in [-0.2, 0) is 20.7 Å². The quantitative estimate of drug-likeness (QED) is 0.420. The summed E-state index contributed by atoms with van der Waals surface area (Å²) in [7, 11) is 0. The first-order valence-electron chi connectivity index (χ1n) is 9.29. The van der Waals surface area contributed by atoms with Gasteiger partial charge in [0.15, 0.2) is 24.7 Å². The molecule has 1 aliphatic rings. The number of rotatable bonds is 7. The summed E-state index contributed by atoms with van der Waals surface area (Å²) in [6.45, 7) is 4.55. The molecular formula is C21H22N2O7. The Morgan fingerprint density at radius 3 is 2.67 bits per heavy atom. The van der Waals surface area contributed by atoms with E-state index in [0.717, 1.165) is 12.0 Å². The van der Waals surface area contributed by atoms with E-state index in [0.29, 0.717) is 17.1 Å². The van der Waals surface area contributed by atoms with Gasteiger partial charge in [-0.25, -0.2) is 4.79 Å².